The summed E-state index contributed by atoms with van der Waals surface area (Å²) in [6, 6.07) is 8.57. The van der Waals surface area contributed by atoms with Crippen LogP contribution in [-0.4, -0.2) is 22.4 Å². The predicted octanol–water partition coefficient (Wildman–Crippen LogP) is 3.31. The third kappa shape index (κ3) is 5.55. The molecule has 1 aromatic carbocycles. The van der Waals surface area contributed by atoms with Crippen molar-refractivity contribution in [3.63, 3.8) is 0 Å². The van der Waals surface area contributed by atoms with Gasteiger partial charge in [0.2, 0.25) is 5.91 Å². The Hall–Kier alpha value is -2.10. The first-order chi connectivity index (χ1) is 10.8. The number of aryl methyl sites for hydroxylation is 2. The van der Waals surface area contributed by atoms with Crippen LogP contribution in [0, 0.1) is 6.92 Å². The van der Waals surface area contributed by atoms with Crippen LogP contribution in [0.1, 0.15) is 49.8 Å². The molecule has 0 aliphatic rings. The second-order valence-electron chi connectivity index (χ2n) is 7.04. The van der Waals surface area contributed by atoms with Crippen LogP contribution in [-0.2, 0) is 23.1 Å². The van der Waals surface area contributed by atoms with E-state index in [1.54, 1.807) is 0 Å². The van der Waals surface area contributed by atoms with Crippen molar-refractivity contribution >= 4 is 5.91 Å². The largest absolute Gasteiger partial charge is 0.356 e. The first kappa shape index (κ1) is 17.3. The van der Waals surface area contributed by atoms with Gasteiger partial charge in [-0.1, -0.05) is 45.0 Å². The van der Waals surface area contributed by atoms with E-state index in [-0.39, 0.29) is 11.3 Å². The molecule has 1 amide bonds. The Labute approximate surface area is 138 Å². The highest BCUT2D eigenvalue weighted by Crippen LogP contribution is 2.22. The van der Waals surface area contributed by atoms with E-state index in [0.717, 1.165) is 24.4 Å². The lowest BCUT2D eigenvalue weighted by Crippen LogP contribution is -2.26. The average Bonchev–Trinajstić information content (AvgIpc) is 2.90. The molecular weight excluding hydrogens is 286 g/mol. The highest BCUT2D eigenvalue weighted by Gasteiger charge is 2.12. The molecule has 0 fully saturated rings. The number of benzene rings is 1. The van der Waals surface area contributed by atoms with Gasteiger partial charge in [-0.25, -0.2) is 4.98 Å². The summed E-state index contributed by atoms with van der Waals surface area (Å²) in [5.41, 5.74) is 3.75. The lowest BCUT2D eigenvalue weighted by Gasteiger charge is -2.19. The second-order valence-corrected chi connectivity index (χ2v) is 7.04. The van der Waals surface area contributed by atoms with Gasteiger partial charge in [-0.15, -0.1) is 0 Å². The summed E-state index contributed by atoms with van der Waals surface area (Å²) >= 11 is 0. The number of nitrogens with one attached hydrogen (secondary N) is 2. The molecule has 0 saturated heterocycles. The Kier molecular flexibility index (Phi) is 5.59. The smallest absolute Gasteiger partial charge is 0.220 e. The average molecular weight is 313 g/mol. The van der Waals surface area contributed by atoms with E-state index in [2.05, 4.69) is 60.3 Å². The summed E-state index contributed by atoms with van der Waals surface area (Å²) in [6.07, 6.45) is 3.90. The maximum Gasteiger partial charge on any atom is 0.220 e. The van der Waals surface area contributed by atoms with Crippen LogP contribution in [0.25, 0.3) is 0 Å². The van der Waals surface area contributed by atoms with Gasteiger partial charge in [-0.05, 0) is 29.9 Å². The topological polar surface area (TPSA) is 57.8 Å². The fraction of sp³-hybridized carbons (Fsp3) is 0.474. The molecule has 124 valence electrons. The van der Waals surface area contributed by atoms with Gasteiger partial charge in [0.05, 0.1) is 0 Å². The number of hydrogen-bond acceptors (Lipinski definition) is 2. The first-order valence-electron chi connectivity index (χ1n) is 8.21. The molecule has 23 heavy (non-hydrogen) atoms. The number of imidazole rings is 1. The fourth-order valence-corrected chi connectivity index (χ4v) is 2.45. The van der Waals surface area contributed by atoms with E-state index < -0.39 is 0 Å². The molecule has 4 nitrogen and oxygen atoms in total. The van der Waals surface area contributed by atoms with Gasteiger partial charge in [0.1, 0.15) is 5.82 Å². The van der Waals surface area contributed by atoms with E-state index >= 15 is 0 Å². The number of aromatic nitrogens is 2. The number of amides is 1. The molecule has 0 saturated carbocycles. The molecule has 1 aromatic heterocycles. The summed E-state index contributed by atoms with van der Waals surface area (Å²) in [5, 5.41) is 2.96. The van der Waals surface area contributed by atoms with Crippen LogP contribution < -0.4 is 5.32 Å². The van der Waals surface area contributed by atoms with Crippen molar-refractivity contribution in [2.75, 3.05) is 6.54 Å². The maximum atomic E-state index is 11.9. The van der Waals surface area contributed by atoms with Gasteiger partial charge in [0.15, 0.2) is 0 Å². The highest BCUT2D eigenvalue weighted by molar-refractivity contribution is 5.76. The number of hydrogen-bond donors (Lipinski definition) is 2. The van der Waals surface area contributed by atoms with Gasteiger partial charge < -0.3 is 10.3 Å². The van der Waals surface area contributed by atoms with Crippen molar-refractivity contribution in [3.8, 4) is 0 Å². The SMILES string of the molecule is Cc1ncc(CCNC(=O)CCc2ccc(C(C)(C)C)cc2)[nH]1. The number of nitrogens with zero attached hydrogens (tertiary/aromatic N) is 1. The Bertz CT molecular complexity index is 635. The van der Waals surface area contributed by atoms with Crippen LogP contribution in [0.3, 0.4) is 0 Å². The fourth-order valence-electron chi connectivity index (χ4n) is 2.45. The van der Waals surface area contributed by atoms with E-state index in [4.69, 9.17) is 0 Å². The zero-order chi connectivity index (χ0) is 16.9. The second kappa shape index (κ2) is 7.44. The van der Waals surface area contributed by atoms with E-state index in [9.17, 15) is 4.79 Å². The molecule has 1 heterocycles. The third-order valence-electron chi connectivity index (χ3n) is 3.93. The molecule has 2 aromatic rings. The number of H-pyrrole nitrogens is 1. The molecule has 2 N–H and O–H groups in total. The molecular formula is C19H27N3O. The quantitative estimate of drug-likeness (QED) is 0.859. The lowest BCUT2D eigenvalue weighted by molar-refractivity contribution is -0.121. The first-order valence-corrected chi connectivity index (χ1v) is 8.21. The van der Waals surface area contributed by atoms with Crippen molar-refractivity contribution in [1.82, 2.24) is 15.3 Å². The minimum atomic E-state index is 0.0983. The third-order valence-corrected chi connectivity index (χ3v) is 3.93. The zero-order valence-corrected chi connectivity index (χ0v) is 14.6. The maximum absolute atomic E-state index is 11.9. The molecule has 0 radical (unpaired) electrons. The van der Waals surface area contributed by atoms with Crippen LogP contribution in [0.4, 0.5) is 0 Å². The minimum Gasteiger partial charge on any atom is -0.356 e. The van der Waals surface area contributed by atoms with Gasteiger partial charge in [0, 0.05) is 31.3 Å². The summed E-state index contributed by atoms with van der Waals surface area (Å²) < 4.78 is 0. The van der Waals surface area contributed by atoms with Crippen molar-refractivity contribution in [2.45, 2.75) is 52.4 Å². The Balaban J connectivity index is 1.71. The van der Waals surface area contributed by atoms with Crippen LogP contribution >= 0.6 is 0 Å². The van der Waals surface area contributed by atoms with E-state index in [1.165, 1.54) is 11.1 Å². The number of aromatic amines is 1. The summed E-state index contributed by atoms with van der Waals surface area (Å²) in [5.74, 6) is 1.01. The molecule has 0 aliphatic carbocycles. The van der Waals surface area contributed by atoms with Crippen molar-refractivity contribution < 1.29 is 4.79 Å². The van der Waals surface area contributed by atoms with Gasteiger partial charge >= 0.3 is 0 Å². The van der Waals surface area contributed by atoms with Gasteiger partial charge in [0.25, 0.3) is 0 Å². The molecule has 0 aliphatic heterocycles. The number of carbonyl (C=O) groups is 1. The highest BCUT2D eigenvalue weighted by atomic mass is 16.1. The normalized spacial score (nSPS) is 11.5. The Morgan fingerprint density at radius 2 is 1.87 bits per heavy atom. The van der Waals surface area contributed by atoms with Gasteiger partial charge in [-0.3, -0.25) is 4.79 Å². The summed E-state index contributed by atoms with van der Waals surface area (Å²) in [6.45, 7) is 9.18. The monoisotopic (exact) mass is 313 g/mol. The molecule has 0 bridgehead atoms. The van der Waals surface area contributed by atoms with E-state index in [0.29, 0.717) is 13.0 Å². The van der Waals surface area contributed by atoms with Crippen LogP contribution in [0.2, 0.25) is 0 Å². The molecule has 0 unspecified atom stereocenters. The van der Waals surface area contributed by atoms with Crippen molar-refractivity contribution in [2.24, 2.45) is 0 Å². The van der Waals surface area contributed by atoms with E-state index in [1.807, 2.05) is 13.1 Å². The van der Waals surface area contributed by atoms with Crippen molar-refractivity contribution in [3.05, 3.63) is 53.1 Å². The minimum absolute atomic E-state index is 0.0983. The Morgan fingerprint density at radius 1 is 1.17 bits per heavy atom. The molecule has 0 spiro atoms. The molecule has 0 atom stereocenters. The van der Waals surface area contributed by atoms with Crippen molar-refractivity contribution in [1.29, 1.82) is 0 Å². The predicted molar refractivity (Wildman–Crippen MR) is 93.5 cm³/mol. The number of rotatable bonds is 6. The lowest BCUT2D eigenvalue weighted by atomic mass is 9.86. The summed E-state index contributed by atoms with van der Waals surface area (Å²) in [7, 11) is 0. The van der Waals surface area contributed by atoms with Crippen LogP contribution in [0.15, 0.2) is 30.5 Å². The molecule has 4 heteroatoms. The standard InChI is InChI=1S/C19H27N3O/c1-14-21-13-17(22-14)11-12-20-18(23)10-7-15-5-8-16(9-6-15)19(2,3)4/h5-6,8-9,13H,7,10-12H2,1-4H3,(H,20,23)(H,21,22). The summed E-state index contributed by atoms with van der Waals surface area (Å²) in [4.78, 5) is 19.2. The number of carbonyl (C=O) groups excluding carboxylic acids is 1. The molecule has 2 rings (SSSR count). The van der Waals surface area contributed by atoms with Gasteiger partial charge in [-0.2, -0.15) is 0 Å². The zero-order valence-electron chi connectivity index (χ0n) is 14.6. The van der Waals surface area contributed by atoms with Crippen LogP contribution in [0.5, 0.6) is 0 Å². The Morgan fingerprint density at radius 3 is 2.43 bits per heavy atom.